The fourth-order valence-corrected chi connectivity index (χ4v) is 4.58. The maximum Gasteiger partial charge on any atom is 0.433 e. The van der Waals surface area contributed by atoms with E-state index in [0.717, 1.165) is 28.6 Å². The molecule has 1 aliphatic heterocycles. The Morgan fingerprint density at radius 1 is 1.24 bits per heavy atom. The minimum atomic E-state index is -4.69. The van der Waals surface area contributed by atoms with E-state index in [1.54, 1.807) is 6.07 Å². The predicted molar refractivity (Wildman–Crippen MR) is 116 cm³/mol. The van der Waals surface area contributed by atoms with Crippen LogP contribution < -0.4 is 16.2 Å². The Morgan fingerprint density at radius 2 is 2.03 bits per heavy atom. The first-order valence-electron chi connectivity index (χ1n) is 9.88. The molecule has 4 N–H and O–H groups in total. The number of nitrogens with one attached hydrogen (secondary N) is 1. The van der Waals surface area contributed by atoms with Gasteiger partial charge in [-0.1, -0.05) is 6.07 Å². The average Bonchev–Trinajstić information content (AvgIpc) is 3.18. The summed E-state index contributed by atoms with van der Waals surface area (Å²) < 4.78 is 49.1. The molecule has 0 radical (unpaired) electrons. The molecule has 10 nitrogen and oxygen atoms in total. The highest BCUT2D eigenvalue weighted by atomic mass is 32.1. The molecule has 2 atom stereocenters. The molecule has 1 amide bonds. The second kappa shape index (κ2) is 8.00. The molecule has 4 heterocycles. The van der Waals surface area contributed by atoms with Crippen molar-refractivity contribution in [3.63, 3.8) is 0 Å². The van der Waals surface area contributed by atoms with Crippen molar-refractivity contribution in [1.29, 1.82) is 0 Å². The number of carbonyl (C=O) groups excluding carboxylic acids is 1. The number of nitrogen functional groups attached to an aromatic ring is 1. The summed E-state index contributed by atoms with van der Waals surface area (Å²) in [6.45, 7) is -0.146. The van der Waals surface area contributed by atoms with Crippen LogP contribution in [0.15, 0.2) is 35.1 Å². The number of amides is 1. The van der Waals surface area contributed by atoms with Gasteiger partial charge in [0.15, 0.2) is 6.10 Å². The van der Waals surface area contributed by atoms with Gasteiger partial charge in [0.25, 0.3) is 11.5 Å². The third-order valence-corrected chi connectivity index (χ3v) is 6.24. The number of rotatable bonds is 3. The normalized spacial score (nSPS) is 18.1. The van der Waals surface area contributed by atoms with Gasteiger partial charge in [-0.25, -0.2) is 9.97 Å². The summed E-state index contributed by atoms with van der Waals surface area (Å²) in [6, 6.07) is 6.36. The number of nitrogens with two attached hydrogens (primary N) is 1. The van der Waals surface area contributed by atoms with E-state index in [-0.39, 0.29) is 41.5 Å². The SMILES string of the molecule is Nc1nsc2c1ccc1nc([C@H](O)C3OCCN(c4cccc(C(F)(F)F)n4)C3=O)[nH]c(=O)c12. The second-order valence-electron chi connectivity index (χ2n) is 7.46. The van der Waals surface area contributed by atoms with E-state index >= 15 is 0 Å². The van der Waals surface area contributed by atoms with Crippen LogP contribution in [-0.2, 0) is 15.7 Å². The van der Waals surface area contributed by atoms with Gasteiger partial charge in [-0.2, -0.15) is 17.5 Å². The van der Waals surface area contributed by atoms with Crippen molar-refractivity contribution in [2.24, 2.45) is 0 Å². The smallest absolute Gasteiger partial charge is 0.382 e. The number of morpholine rings is 1. The highest BCUT2D eigenvalue weighted by Crippen LogP contribution is 2.32. The first kappa shape index (κ1) is 22.2. The number of alkyl halides is 3. The van der Waals surface area contributed by atoms with E-state index < -0.39 is 35.5 Å². The number of pyridine rings is 1. The Balaban J connectivity index is 1.49. The fraction of sp³-hybridized carbons (Fsp3) is 0.250. The zero-order valence-corrected chi connectivity index (χ0v) is 17.9. The number of fused-ring (bicyclic) bond motifs is 3. The van der Waals surface area contributed by atoms with Crippen molar-refractivity contribution in [1.82, 2.24) is 19.3 Å². The van der Waals surface area contributed by atoms with Crippen LogP contribution >= 0.6 is 11.5 Å². The van der Waals surface area contributed by atoms with Crippen LogP contribution in [0.1, 0.15) is 17.6 Å². The predicted octanol–water partition coefficient (Wildman–Crippen LogP) is 1.99. The Morgan fingerprint density at radius 3 is 2.79 bits per heavy atom. The third-order valence-electron chi connectivity index (χ3n) is 5.35. The van der Waals surface area contributed by atoms with Crippen LogP contribution in [-0.4, -0.2) is 49.6 Å². The molecule has 1 fully saturated rings. The number of anilines is 2. The van der Waals surface area contributed by atoms with Crippen LogP contribution in [0.2, 0.25) is 0 Å². The molecule has 0 bridgehead atoms. The van der Waals surface area contributed by atoms with Crippen LogP contribution in [0.4, 0.5) is 24.8 Å². The lowest BCUT2D eigenvalue weighted by atomic mass is 10.1. The van der Waals surface area contributed by atoms with Gasteiger partial charge in [-0.15, -0.1) is 0 Å². The molecular weight excluding hydrogens is 477 g/mol. The number of aromatic amines is 1. The van der Waals surface area contributed by atoms with Gasteiger partial charge in [-0.3, -0.25) is 14.5 Å². The molecule has 0 aliphatic carbocycles. The number of benzene rings is 1. The van der Waals surface area contributed by atoms with E-state index in [1.165, 1.54) is 12.1 Å². The van der Waals surface area contributed by atoms with Crippen molar-refractivity contribution < 1.29 is 27.8 Å². The lowest BCUT2D eigenvalue weighted by molar-refractivity contribution is -0.144. The number of aliphatic hydroxyl groups is 1. The number of H-pyrrole nitrogens is 1. The van der Waals surface area contributed by atoms with E-state index in [2.05, 4.69) is 19.3 Å². The zero-order chi connectivity index (χ0) is 24.2. The Hall–Kier alpha value is -3.62. The second-order valence-corrected chi connectivity index (χ2v) is 8.23. The summed E-state index contributed by atoms with van der Waals surface area (Å²) in [4.78, 5) is 37.0. The first-order valence-corrected chi connectivity index (χ1v) is 10.7. The van der Waals surface area contributed by atoms with Gasteiger partial charge in [-0.05, 0) is 35.8 Å². The van der Waals surface area contributed by atoms with Gasteiger partial charge in [0.1, 0.15) is 29.3 Å². The fourth-order valence-electron chi connectivity index (χ4n) is 3.74. The summed E-state index contributed by atoms with van der Waals surface area (Å²) in [5, 5.41) is 11.7. The van der Waals surface area contributed by atoms with E-state index in [1.807, 2.05) is 0 Å². The number of aromatic nitrogens is 4. The molecule has 1 saturated heterocycles. The minimum Gasteiger partial charge on any atom is -0.382 e. The zero-order valence-electron chi connectivity index (χ0n) is 17.0. The van der Waals surface area contributed by atoms with Gasteiger partial charge in [0, 0.05) is 5.39 Å². The summed E-state index contributed by atoms with van der Waals surface area (Å²) in [6.07, 6.45) is -7.90. The number of hydrogen-bond acceptors (Lipinski definition) is 9. The van der Waals surface area contributed by atoms with Gasteiger partial charge < -0.3 is 20.6 Å². The number of nitrogens with zero attached hydrogens (tertiary/aromatic N) is 4. The molecular formula is C20H15F3N6O4S. The van der Waals surface area contributed by atoms with Gasteiger partial charge in [0.2, 0.25) is 0 Å². The largest absolute Gasteiger partial charge is 0.433 e. The number of hydrogen-bond donors (Lipinski definition) is 3. The van der Waals surface area contributed by atoms with Gasteiger partial charge >= 0.3 is 6.18 Å². The molecule has 0 saturated carbocycles. The molecule has 14 heteroatoms. The average molecular weight is 492 g/mol. The van der Waals surface area contributed by atoms with Crippen molar-refractivity contribution in [2.75, 3.05) is 23.8 Å². The minimum absolute atomic E-state index is 0.0667. The highest BCUT2D eigenvalue weighted by molar-refractivity contribution is 7.14. The van der Waals surface area contributed by atoms with Crippen molar-refractivity contribution in [3.05, 3.63) is 52.2 Å². The lowest BCUT2D eigenvalue weighted by Crippen LogP contribution is -2.51. The quantitative estimate of drug-likeness (QED) is 0.393. The molecule has 1 aromatic carbocycles. The Labute approximate surface area is 192 Å². The van der Waals surface area contributed by atoms with Gasteiger partial charge in [0.05, 0.1) is 28.8 Å². The maximum absolute atomic E-state index is 13.0. The van der Waals surface area contributed by atoms with Crippen LogP contribution in [0.5, 0.6) is 0 Å². The monoisotopic (exact) mass is 492 g/mol. The standard InChI is InChI=1S/C20H15F3N6O4S/c21-20(22,23)10-2-1-3-11(26-10)29-6-7-33-14(19(29)32)13(30)17-25-9-5-4-8-15(34-28-16(8)24)12(9)18(31)27-17/h1-5,13-14,30H,6-7H2,(H2,24,28)(H,25,27,31)/t13-,14?/m1/s1. The molecule has 0 spiro atoms. The Bertz CT molecular complexity index is 1490. The Kier molecular flexibility index (Phi) is 5.22. The van der Waals surface area contributed by atoms with Crippen molar-refractivity contribution >= 4 is 50.1 Å². The molecule has 34 heavy (non-hydrogen) atoms. The molecule has 176 valence electrons. The van der Waals surface area contributed by atoms with E-state index in [9.17, 15) is 27.9 Å². The van der Waals surface area contributed by atoms with E-state index in [4.69, 9.17) is 10.5 Å². The van der Waals surface area contributed by atoms with E-state index in [0.29, 0.717) is 10.1 Å². The molecule has 5 rings (SSSR count). The summed E-state index contributed by atoms with van der Waals surface area (Å²) >= 11 is 1.03. The number of carbonyl (C=O) groups is 1. The molecule has 3 aromatic heterocycles. The highest BCUT2D eigenvalue weighted by Gasteiger charge is 2.39. The number of ether oxygens (including phenoxy) is 1. The van der Waals surface area contributed by atoms with Crippen LogP contribution in [0, 0.1) is 0 Å². The molecule has 4 aromatic rings. The van der Waals surface area contributed by atoms with Crippen molar-refractivity contribution in [3.8, 4) is 0 Å². The lowest BCUT2D eigenvalue weighted by Gasteiger charge is -2.33. The summed E-state index contributed by atoms with van der Waals surface area (Å²) in [5.41, 5.74) is 4.32. The first-order chi connectivity index (χ1) is 16.1. The number of halogens is 3. The van der Waals surface area contributed by atoms with Crippen LogP contribution in [0.25, 0.3) is 21.0 Å². The number of aliphatic hydroxyl groups excluding tert-OH is 1. The topological polar surface area (TPSA) is 147 Å². The third kappa shape index (κ3) is 3.65. The van der Waals surface area contributed by atoms with Crippen molar-refractivity contribution in [2.45, 2.75) is 18.4 Å². The summed E-state index contributed by atoms with van der Waals surface area (Å²) in [5.74, 6) is -1.01. The summed E-state index contributed by atoms with van der Waals surface area (Å²) in [7, 11) is 0. The molecule has 1 aliphatic rings. The van der Waals surface area contributed by atoms with Crippen LogP contribution in [0.3, 0.4) is 0 Å². The molecule has 1 unspecified atom stereocenters. The maximum atomic E-state index is 13.0.